The van der Waals surface area contributed by atoms with Gasteiger partial charge in [0.25, 0.3) is 11.8 Å². The zero-order chi connectivity index (χ0) is 19.1. The molecule has 0 aliphatic carbocycles. The number of amides is 2. The molecule has 0 saturated carbocycles. The van der Waals surface area contributed by atoms with Gasteiger partial charge in [0.05, 0.1) is 11.6 Å². The van der Waals surface area contributed by atoms with E-state index in [1.54, 1.807) is 60.1 Å². The van der Waals surface area contributed by atoms with Crippen molar-refractivity contribution in [1.82, 2.24) is 4.98 Å². The molecule has 0 saturated heterocycles. The highest BCUT2D eigenvalue weighted by atomic mass is 32.1. The lowest BCUT2D eigenvalue weighted by Gasteiger charge is -2.08. The maximum Gasteiger partial charge on any atom is 0.262 e. The Bertz CT molecular complexity index is 962. The fourth-order valence-corrected chi connectivity index (χ4v) is 2.66. The van der Waals surface area contributed by atoms with Crippen LogP contribution >= 0.6 is 11.3 Å². The zero-order valence-electron chi connectivity index (χ0n) is 14.0. The molecule has 1 aromatic heterocycles. The summed E-state index contributed by atoms with van der Waals surface area (Å²) in [5.74, 6) is -0.107. The molecule has 3 aromatic rings. The maximum absolute atomic E-state index is 12.1. The number of thiazole rings is 1. The minimum atomic E-state index is -0.334. The molecule has 0 radical (unpaired) electrons. The third-order valence-electron chi connectivity index (χ3n) is 3.44. The first kappa shape index (κ1) is 18.1. The average molecular weight is 378 g/mol. The summed E-state index contributed by atoms with van der Waals surface area (Å²) in [6, 6.07) is 15.0. The maximum atomic E-state index is 12.1. The molecule has 0 spiro atoms. The van der Waals surface area contributed by atoms with Crippen LogP contribution in [0.1, 0.15) is 15.9 Å². The normalized spacial score (nSPS) is 9.89. The Labute approximate surface area is 159 Å². The molecule has 0 aliphatic rings. The molecule has 134 valence electrons. The van der Waals surface area contributed by atoms with Gasteiger partial charge < -0.3 is 10.1 Å². The van der Waals surface area contributed by atoms with E-state index in [1.165, 1.54) is 11.3 Å². The van der Waals surface area contributed by atoms with Crippen LogP contribution in [0.5, 0.6) is 5.75 Å². The molecule has 0 bridgehead atoms. The number of aromatic nitrogens is 1. The molecule has 8 heteroatoms. The van der Waals surface area contributed by atoms with Crippen molar-refractivity contribution in [3.8, 4) is 11.8 Å². The van der Waals surface area contributed by atoms with E-state index in [0.717, 1.165) is 0 Å². The second kappa shape index (κ2) is 8.60. The molecular weight excluding hydrogens is 364 g/mol. The van der Waals surface area contributed by atoms with Gasteiger partial charge >= 0.3 is 0 Å². The van der Waals surface area contributed by atoms with Gasteiger partial charge in [-0.3, -0.25) is 14.9 Å². The number of hydrogen-bond acceptors (Lipinski definition) is 6. The molecule has 0 unspecified atom stereocenters. The first-order chi connectivity index (χ1) is 13.1. The largest absolute Gasteiger partial charge is 0.484 e. The van der Waals surface area contributed by atoms with Gasteiger partial charge in [-0.1, -0.05) is 0 Å². The topological polar surface area (TPSA) is 104 Å². The highest BCUT2D eigenvalue weighted by Gasteiger charge is 2.09. The Balaban J connectivity index is 1.50. The van der Waals surface area contributed by atoms with E-state index in [0.29, 0.717) is 27.7 Å². The van der Waals surface area contributed by atoms with Gasteiger partial charge in [-0.05, 0) is 48.5 Å². The minimum Gasteiger partial charge on any atom is -0.484 e. The third-order valence-corrected chi connectivity index (χ3v) is 4.13. The molecule has 7 nitrogen and oxygen atoms in total. The van der Waals surface area contributed by atoms with E-state index in [9.17, 15) is 9.59 Å². The molecule has 0 aliphatic heterocycles. The summed E-state index contributed by atoms with van der Waals surface area (Å²) in [5.41, 5.74) is 1.53. The van der Waals surface area contributed by atoms with Crippen molar-refractivity contribution >= 4 is 34.0 Å². The Kier molecular flexibility index (Phi) is 5.77. The quantitative estimate of drug-likeness (QED) is 0.685. The monoisotopic (exact) mass is 378 g/mol. The molecule has 3 rings (SSSR count). The SMILES string of the molecule is N#Cc1ccc(OCC(=O)Nc2ccc(C(=O)Nc3nccs3)cc2)cc1. The number of nitrogens with zero attached hydrogens (tertiary/aromatic N) is 2. The summed E-state index contributed by atoms with van der Waals surface area (Å²) in [5, 5.41) is 16.4. The number of nitriles is 1. The van der Waals surface area contributed by atoms with Crippen molar-refractivity contribution in [3.05, 3.63) is 71.2 Å². The number of carbonyl (C=O) groups excluding carboxylic acids is 2. The smallest absolute Gasteiger partial charge is 0.262 e. The fourth-order valence-electron chi connectivity index (χ4n) is 2.13. The third kappa shape index (κ3) is 5.14. The average Bonchev–Trinajstić information content (AvgIpc) is 3.20. The van der Waals surface area contributed by atoms with Crippen LogP contribution in [0.15, 0.2) is 60.1 Å². The van der Waals surface area contributed by atoms with Gasteiger partial charge in [0.2, 0.25) is 0 Å². The first-order valence-corrected chi connectivity index (χ1v) is 8.76. The highest BCUT2D eigenvalue weighted by Crippen LogP contribution is 2.15. The van der Waals surface area contributed by atoms with Crippen LogP contribution in [0.4, 0.5) is 10.8 Å². The molecule has 2 amide bonds. The number of rotatable bonds is 6. The zero-order valence-corrected chi connectivity index (χ0v) is 14.8. The lowest BCUT2D eigenvalue weighted by atomic mass is 10.2. The Morgan fingerprint density at radius 2 is 1.81 bits per heavy atom. The minimum absolute atomic E-state index is 0.168. The van der Waals surface area contributed by atoms with Crippen molar-refractivity contribution in [2.24, 2.45) is 0 Å². The summed E-state index contributed by atoms with van der Waals surface area (Å²) in [6.07, 6.45) is 1.61. The predicted octanol–water partition coefficient (Wildman–Crippen LogP) is 3.28. The summed E-state index contributed by atoms with van der Waals surface area (Å²) in [4.78, 5) is 28.0. The Morgan fingerprint density at radius 3 is 2.44 bits per heavy atom. The van der Waals surface area contributed by atoms with Crippen molar-refractivity contribution in [2.75, 3.05) is 17.2 Å². The van der Waals surface area contributed by atoms with Crippen molar-refractivity contribution in [1.29, 1.82) is 5.26 Å². The molecule has 2 aromatic carbocycles. The van der Waals surface area contributed by atoms with Gasteiger partial charge in [0, 0.05) is 22.8 Å². The second-order valence-electron chi connectivity index (χ2n) is 5.34. The number of nitrogens with one attached hydrogen (secondary N) is 2. The van der Waals surface area contributed by atoms with E-state index in [1.807, 2.05) is 6.07 Å². The number of carbonyl (C=O) groups is 2. The van der Waals surface area contributed by atoms with Crippen LogP contribution < -0.4 is 15.4 Å². The van der Waals surface area contributed by atoms with Crippen molar-refractivity contribution in [2.45, 2.75) is 0 Å². The van der Waals surface area contributed by atoms with Gasteiger partial charge in [-0.2, -0.15) is 5.26 Å². The fraction of sp³-hybridized carbons (Fsp3) is 0.0526. The van der Waals surface area contributed by atoms with Crippen LogP contribution in [0.3, 0.4) is 0 Å². The van der Waals surface area contributed by atoms with Crippen molar-refractivity contribution < 1.29 is 14.3 Å². The number of benzene rings is 2. The summed E-state index contributed by atoms with van der Waals surface area (Å²) in [6.45, 7) is -0.168. The van der Waals surface area contributed by atoms with Gasteiger partial charge in [-0.25, -0.2) is 4.98 Å². The van der Waals surface area contributed by atoms with Crippen LogP contribution in [-0.2, 0) is 4.79 Å². The Morgan fingerprint density at radius 1 is 1.07 bits per heavy atom. The number of anilines is 2. The summed E-state index contributed by atoms with van der Waals surface area (Å²) < 4.78 is 5.37. The van der Waals surface area contributed by atoms with E-state index in [2.05, 4.69) is 15.6 Å². The first-order valence-electron chi connectivity index (χ1n) is 7.88. The van der Waals surface area contributed by atoms with Crippen molar-refractivity contribution in [3.63, 3.8) is 0 Å². The predicted molar refractivity (Wildman–Crippen MR) is 102 cm³/mol. The summed E-state index contributed by atoms with van der Waals surface area (Å²) in [7, 11) is 0. The van der Waals surface area contributed by atoms with E-state index < -0.39 is 0 Å². The molecule has 0 atom stereocenters. The molecule has 2 N–H and O–H groups in total. The van der Waals surface area contributed by atoms with Gasteiger partial charge in [0.1, 0.15) is 5.75 Å². The van der Waals surface area contributed by atoms with Crippen LogP contribution in [0.2, 0.25) is 0 Å². The standard InChI is InChI=1S/C19H14N4O3S/c20-11-13-1-7-16(8-2-13)26-12-17(24)22-15-5-3-14(4-6-15)18(25)23-19-21-9-10-27-19/h1-10H,12H2,(H,22,24)(H,21,23,25). The number of hydrogen-bond donors (Lipinski definition) is 2. The number of ether oxygens (including phenoxy) is 1. The van der Waals surface area contributed by atoms with E-state index in [4.69, 9.17) is 10.00 Å². The molecule has 1 heterocycles. The van der Waals surface area contributed by atoms with E-state index >= 15 is 0 Å². The van der Waals surface area contributed by atoms with Crippen LogP contribution in [0.25, 0.3) is 0 Å². The lowest BCUT2D eigenvalue weighted by molar-refractivity contribution is -0.118. The van der Waals surface area contributed by atoms with Crippen LogP contribution in [-0.4, -0.2) is 23.4 Å². The molecule has 0 fully saturated rings. The van der Waals surface area contributed by atoms with Gasteiger partial charge in [0.15, 0.2) is 11.7 Å². The highest BCUT2D eigenvalue weighted by molar-refractivity contribution is 7.13. The lowest BCUT2D eigenvalue weighted by Crippen LogP contribution is -2.20. The molecule has 27 heavy (non-hydrogen) atoms. The summed E-state index contributed by atoms with van der Waals surface area (Å²) >= 11 is 1.33. The second-order valence-corrected chi connectivity index (χ2v) is 6.24. The van der Waals surface area contributed by atoms with E-state index in [-0.39, 0.29) is 18.4 Å². The van der Waals surface area contributed by atoms with Gasteiger partial charge in [-0.15, -0.1) is 11.3 Å². The Hall–Kier alpha value is -3.70. The van der Waals surface area contributed by atoms with Crippen LogP contribution in [0, 0.1) is 11.3 Å². The molecular formula is C19H14N4O3S.